The second-order valence-electron chi connectivity index (χ2n) is 11.5. The number of nitrogens with one attached hydrogen (secondary N) is 2. The maximum absolute atomic E-state index is 15.3. The second-order valence-corrected chi connectivity index (χ2v) is 11.9. The molecule has 2 N–H and O–H groups in total. The van der Waals surface area contributed by atoms with Crippen molar-refractivity contribution in [1.29, 1.82) is 0 Å². The van der Waals surface area contributed by atoms with E-state index in [0.717, 1.165) is 6.07 Å². The van der Waals surface area contributed by atoms with Crippen molar-refractivity contribution in [1.82, 2.24) is 29.7 Å². The Morgan fingerprint density at radius 2 is 1.78 bits per heavy atom. The number of carbonyl (C=O) groups is 2. The number of amides is 2. The fourth-order valence-corrected chi connectivity index (χ4v) is 6.06. The standard InChI is InChI=1S/C35H28ClF4N7O3/c1-19-14-24-30(17-46(19)32(49)21-8-11-27(36)26(15-21)35(38,39)40)45-34(47(33(24)50)22-9-6-20(7-10-22)31(48)41-2)43-16-25-23(4-3-5-28(25)37)29-12-13-42-18-44-29/h3-13,15,18-19H,14,16-17H2,1-2H3,(H,41,48)(H,43,45). The fourth-order valence-electron chi connectivity index (χ4n) is 5.83. The summed E-state index contributed by atoms with van der Waals surface area (Å²) in [6.45, 7) is 1.35. The molecule has 0 bridgehead atoms. The van der Waals surface area contributed by atoms with Crippen molar-refractivity contribution in [3.05, 3.63) is 134 Å². The fraction of sp³-hybridized carbons (Fsp3) is 0.200. The van der Waals surface area contributed by atoms with Gasteiger partial charge in [-0.3, -0.25) is 14.4 Å². The lowest BCUT2D eigenvalue weighted by molar-refractivity contribution is -0.137. The third-order valence-electron chi connectivity index (χ3n) is 8.41. The summed E-state index contributed by atoms with van der Waals surface area (Å²) in [5, 5.41) is 5.08. The Morgan fingerprint density at radius 3 is 2.46 bits per heavy atom. The number of alkyl halides is 3. The summed E-state index contributed by atoms with van der Waals surface area (Å²) < 4.78 is 57.4. The van der Waals surface area contributed by atoms with Gasteiger partial charge >= 0.3 is 6.18 Å². The first-order valence-corrected chi connectivity index (χ1v) is 15.7. The van der Waals surface area contributed by atoms with Crippen molar-refractivity contribution in [2.45, 2.75) is 38.7 Å². The Hall–Kier alpha value is -5.63. The van der Waals surface area contributed by atoms with E-state index in [1.165, 1.54) is 53.3 Å². The minimum atomic E-state index is -4.77. The SMILES string of the molecule is CNC(=O)c1ccc(-n2c(NCc3c(F)cccc3-c3ccncn3)nc3c(c2=O)CC(C)N(C(=O)c2ccc(Cl)c(C(F)(F)F)c2)C3)cc1. The van der Waals surface area contributed by atoms with Crippen LogP contribution in [-0.4, -0.2) is 49.3 Å². The highest BCUT2D eigenvalue weighted by Gasteiger charge is 2.36. The van der Waals surface area contributed by atoms with E-state index >= 15 is 4.39 Å². The second kappa shape index (κ2) is 13.7. The summed E-state index contributed by atoms with van der Waals surface area (Å²) in [4.78, 5) is 54.3. The number of anilines is 1. The van der Waals surface area contributed by atoms with Crippen LogP contribution in [0.4, 0.5) is 23.5 Å². The molecule has 3 heterocycles. The Kier molecular flexibility index (Phi) is 9.39. The number of nitrogens with zero attached hydrogens (tertiary/aromatic N) is 5. The molecule has 0 aliphatic carbocycles. The maximum atomic E-state index is 15.3. The highest BCUT2D eigenvalue weighted by Crippen LogP contribution is 2.36. The maximum Gasteiger partial charge on any atom is 0.417 e. The molecule has 6 rings (SSSR count). The van der Waals surface area contributed by atoms with E-state index in [2.05, 4.69) is 20.6 Å². The number of rotatable bonds is 7. The molecule has 2 aromatic heterocycles. The van der Waals surface area contributed by atoms with Crippen LogP contribution in [0, 0.1) is 5.82 Å². The molecule has 50 heavy (non-hydrogen) atoms. The Morgan fingerprint density at radius 1 is 1.04 bits per heavy atom. The molecular weight excluding hydrogens is 678 g/mol. The smallest absolute Gasteiger partial charge is 0.355 e. The predicted molar refractivity (Wildman–Crippen MR) is 177 cm³/mol. The van der Waals surface area contributed by atoms with Crippen molar-refractivity contribution in [3.8, 4) is 16.9 Å². The van der Waals surface area contributed by atoms with E-state index in [0.29, 0.717) is 34.1 Å². The number of hydrogen-bond donors (Lipinski definition) is 2. The number of hydrogen-bond acceptors (Lipinski definition) is 7. The number of aromatic nitrogens is 4. The van der Waals surface area contributed by atoms with Gasteiger partial charge in [-0.05, 0) is 67.9 Å². The van der Waals surface area contributed by atoms with Crippen LogP contribution in [0.1, 0.15) is 50.0 Å². The van der Waals surface area contributed by atoms with Gasteiger partial charge in [0.1, 0.15) is 12.1 Å². The zero-order chi connectivity index (χ0) is 35.7. The molecule has 1 atom stereocenters. The van der Waals surface area contributed by atoms with Gasteiger partial charge in [0.15, 0.2) is 0 Å². The molecule has 3 aromatic carbocycles. The summed E-state index contributed by atoms with van der Waals surface area (Å²) >= 11 is 5.78. The summed E-state index contributed by atoms with van der Waals surface area (Å²) in [5.74, 6) is -1.56. The molecule has 1 aliphatic heterocycles. The van der Waals surface area contributed by atoms with Gasteiger partial charge in [-0.15, -0.1) is 0 Å². The normalized spacial score (nSPS) is 14.2. The molecule has 1 aliphatic rings. The minimum Gasteiger partial charge on any atom is -0.355 e. The van der Waals surface area contributed by atoms with E-state index in [4.69, 9.17) is 16.6 Å². The molecule has 5 aromatic rings. The summed E-state index contributed by atoms with van der Waals surface area (Å²) in [5.41, 5.74) is 0.564. The van der Waals surface area contributed by atoms with Crippen LogP contribution >= 0.6 is 11.6 Å². The third-order valence-corrected chi connectivity index (χ3v) is 8.74. The van der Waals surface area contributed by atoms with Crippen molar-refractivity contribution in [2.24, 2.45) is 0 Å². The molecule has 0 saturated heterocycles. The van der Waals surface area contributed by atoms with E-state index in [1.807, 2.05) is 0 Å². The van der Waals surface area contributed by atoms with E-state index in [-0.39, 0.29) is 48.2 Å². The Bertz CT molecular complexity index is 2160. The monoisotopic (exact) mass is 705 g/mol. The van der Waals surface area contributed by atoms with Gasteiger partial charge in [-0.2, -0.15) is 13.2 Å². The number of fused-ring (bicyclic) bond motifs is 1. The molecule has 0 spiro atoms. The van der Waals surface area contributed by atoms with Gasteiger partial charge in [0, 0.05) is 53.6 Å². The summed E-state index contributed by atoms with van der Waals surface area (Å²) in [6.07, 6.45) is -1.86. The Labute approximate surface area is 287 Å². The first-order chi connectivity index (χ1) is 23.9. The van der Waals surface area contributed by atoms with Crippen molar-refractivity contribution < 1.29 is 27.2 Å². The lowest BCUT2D eigenvalue weighted by atomic mass is 9.98. The molecular formula is C35H28ClF4N7O3. The highest BCUT2D eigenvalue weighted by molar-refractivity contribution is 6.31. The van der Waals surface area contributed by atoms with Crippen LogP contribution in [0.3, 0.4) is 0 Å². The lowest BCUT2D eigenvalue weighted by Gasteiger charge is -2.34. The quantitative estimate of drug-likeness (QED) is 0.198. The van der Waals surface area contributed by atoms with Crippen molar-refractivity contribution in [3.63, 3.8) is 0 Å². The van der Waals surface area contributed by atoms with Crippen molar-refractivity contribution >= 4 is 29.4 Å². The van der Waals surface area contributed by atoms with Crippen LogP contribution in [0.15, 0.2) is 84.0 Å². The van der Waals surface area contributed by atoms with Crippen LogP contribution in [0.2, 0.25) is 5.02 Å². The predicted octanol–water partition coefficient (Wildman–Crippen LogP) is 6.06. The first kappa shape index (κ1) is 34.2. The Balaban J connectivity index is 1.42. The average molecular weight is 706 g/mol. The zero-order valence-corrected chi connectivity index (χ0v) is 27.3. The molecule has 0 saturated carbocycles. The largest absolute Gasteiger partial charge is 0.417 e. The summed E-state index contributed by atoms with van der Waals surface area (Å²) in [6, 6.07) is 14.7. The van der Waals surface area contributed by atoms with Gasteiger partial charge in [-0.1, -0.05) is 23.7 Å². The minimum absolute atomic E-state index is 0.00568. The lowest BCUT2D eigenvalue weighted by Crippen LogP contribution is -2.46. The number of carbonyl (C=O) groups excluding carboxylic acids is 2. The van der Waals surface area contributed by atoms with Crippen LogP contribution in [-0.2, 0) is 25.7 Å². The number of halogens is 5. The molecule has 0 fully saturated rings. The topological polar surface area (TPSA) is 122 Å². The summed E-state index contributed by atoms with van der Waals surface area (Å²) in [7, 11) is 1.49. The first-order valence-electron chi connectivity index (χ1n) is 15.3. The van der Waals surface area contributed by atoms with Gasteiger partial charge < -0.3 is 15.5 Å². The van der Waals surface area contributed by atoms with Crippen molar-refractivity contribution in [2.75, 3.05) is 12.4 Å². The van der Waals surface area contributed by atoms with E-state index in [9.17, 15) is 27.6 Å². The highest BCUT2D eigenvalue weighted by atomic mass is 35.5. The van der Waals surface area contributed by atoms with Gasteiger partial charge in [-0.25, -0.2) is 23.9 Å². The van der Waals surface area contributed by atoms with Gasteiger partial charge in [0.25, 0.3) is 17.4 Å². The molecule has 15 heteroatoms. The molecule has 0 radical (unpaired) electrons. The van der Waals surface area contributed by atoms with Crippen LogP contribution in [0.5, 0.6) is 0 Å². The van der Waals surface area contributed by atoms with Gasteiger partial charge in [0.05, 0.1) is 34.2 Å². The van der Waals surface area contributed by atoms with Crippen LogP contribution < -0.4 is 16.2 Å². The molecule has 10 nitrogen and oxygen atoms in total. The molecule has 1 unspecified atom stereocenters. The molecule has 2 amide bonds. The average Bonchev–Trinajstić information content (AvgIpc) is 3.10. The number of benzene rings is 3. The van der Waals surface area contributed by atoms with E-state index < -0.39 is 40.1 Å². The van der Waals surface area contributed by atoms with Gasteiger partial charge in [0.2, 0.25) is 5.95 Å². The third kappa shape index (κ3) is 6.66. The van der Waals surface area contributed by atoms with Crippen LogP contribution in [0.25, 0.3) is 16.9 Å². The zero-order valence-electron chi connectivity index (χ0n) is 26.6. The molecule has 256 valence electrons. The van der Waals surface area contributed by atoms with E-state index in [1.54, 1.807) is 37.3 Å².